The molecule has 0 saturated heterocycles. The number of benzene rings is 8. The molecule has 8 aromatic carbocycles. The first-order valence-corrected chi connectivity index (χ1v) is 21.0. The van der Waals surface area contributed by atoms with Crippen molar-refractivity contribution in [3.63, 3.8) is 0 Å². The third-order valence-electron chi connectivity index (χ3n) is 12.4. The van der Waals surface area contributed by atoms with Gasteiger partial charge in [0.1, 0.15) is 17.1 Å². The summed E-state index contributed by atoms with van der Waals surface area (Å²) in [6, 6.07) is 68.6. The van der Waals surface area contributed by atoms with Gasteiger partial charge < -0.3 is 9.15 Å². The topological polar surface area (TPSA) is 86.8 Å². The van der Waals surface area contributed by atoms with E-state index in [2.05, 4.69) is 78.9 Å². The molecule has 0 atom stereocenters. The van der Waals surface area contributed by atoms with Gasteiger partial charge in [-0.1, -0.05) is 170 Å². The predicted molar refractivity (Wildman–Crippen MR) is 247 cm³/mol. The lowest BCUT2D eigenvalue weighted by atomic mass is 9.66. The molecule has 7 heteroatoms. The predicted octanol–water partition coefficient (Wildman–Crippen LogP) is 13.4. The molecule has 0 saturated carbocycles. The van der Waals surface area contributed by atoms with Crippen molar-refractivity contribution < 1.29 is 9.15 Å². The van der Waals surface area contributed by atoms with Crippen LogP contribution in [0, 0.1) is 0 Å². The molecule has 63 heavy (non-hydrogen) atoms. The van der Waals surface area contributed by atoms with Crippen LogP contribution in [0.5, 0.6) is 11.5 Å². The van der Waals surface area contributed by atoms with Gasteiger partial charge in [-0.3, -0.25) is 0 Å². The summed E-state index contributed by atoms with van der Waals surface area (Å²) in [7, 11) is 0. The van der Waals surface area contributed by atoms with E-state index in [0.717, 1.165) is 94.7 Å². The van der Waals surface area contributed by atoms with Crippen molar-refractivity contribution in [2.24, 2.45) is 0 Å². The average molecular weight is 808 g/mol. The highest BCUT2D eigenvalue weighted by atomic mass is 16.5. The largest absolute Gasteiger partial charge is 0.457 e. The molecular weight excluding hydrogens is 775 g/mol. The zero-order chi connectivity index (χ0) is 41.5. The third kappa shape index (κ3) is 5.36. The van der Waals surface area contributed by atoms with Crippen LogP contribution < -0.4 is 4.74 Å². The Morgan fingerprint density at radius 2 is 0.873 bits per heavy atom. The lowest BCUT2D eigenvalue weighted by molar-refractivity contribution is 0.436. The van der Waals surface area contributed by atoms with Crippen molar-refractivity contribution >= 4 is 22.1 Å². The molecule has 4 heterocycles. The Hall–Kier alpha value is -8.55. The minimum absolute atomic E-state index is 0.548. The molecule has 13 rings (SSSR count). The molecule has 7 nitrogen and oxygen atoms in total. The number of furan rings is 1. The smallest absolute Gasteiger partial charge is 0.231 e. The van der Waals surface area contributed by atoms with E-state index < -0.39 is 5.41 Å². The van der Waals surface area contributed by atoms with Gasteiger partial charge in [-0.15, -0.1) is 0 Å². The van der Waals surface area contributed by atoms with E-state index in [1.54, 1.807) is 0 Å². The minimum atomic E-state index is -0.735. The molecule has 2 aliphatic rings. The van der Waals surface area contributed by atoms with Crippen LogP contribution in [-0.2, 0) is 5.41 Å². The number of hydrogen-bond acceptors (Lipinski definition) is 7. The van der Waals surface area contributed by atoms with Crippen LogP contribution in [0.1, 0.15) is 22.3 Å². The van der Waals surface area contributed by atoms with Crippen LogP contribution in [0.25, 0.3) is 90.0 Å². The molecule has 1 aliphatic heterocycles. The summed E-state index contributed by atoms with van der Waals surface area (Å²) in [6.45, 7) is 0. The van der Waals surface area contributed by atoms with Gasteiger partial charge in [0.25, 0.3) is 0 Å². The highest BCUT2D eigenvalue weighted by Crippen LogP contribution is 2.63. The van der Waals surface area contributed by atoms with Gasteiger partial charge in [0.2, 0.25) is 5.71 Å². The Kier molecular flexibility index (Phi) is 7.68. The van der Waals surface area contributed by atoms with E-state index in [9.17, 15) is 0 Å². The first-order valence-electron chi connectivity index (χ1n) is 21.0. The lowest BCUT2D eigenvalue weighted by Gasteiger charge is -2.39. The van der Waals surface area contributed by atoms with E-state index in [1.807, 2.05) is 121 Å². The van der Waals surface area contributed by atoms with Gasteiger partial charge >= 0.3 is 0 Å². The van der Waals surface area contributed by atoms with E-state index in [0.29, 0.717) is 29.0 Å². The van der Waals surface area contributed by atoms with E-state index in [4.69, 9.17) is 34.1 Å². The van der Waals surface area contributed by atoms with Crippen LogP contribution in [-0.4, -0.2) is 24.9 Å². The fraction of sp³-hybridized carbons (Fsp3) is 0.0179. The molecule has 0 radical (unpaired) electrons. The number of ether oxygens (including phenoxy) is 1. The summed E-state index contributed by atoms with van der Waals surface area (Å²) in [5.74, 6) is 4.07. The first kappa shape index (κ1) is 35.2. The second-order valence-electron chi connectivity index (χ2n) is 15.9. The second-order valence-corrected chi connectivity index (χ2v) is 15.9. The Bertz CT molecular complexity index is 3500. The quantitative estimate of drug-likeness (QED) is 0.171. The second kappa shape index (κ2) is 13.7. The monoisotopic (exact) mass is 807 g/mol. The summed E-state index contributed by atoms with van der Waals surface area (Å²) >= 11 is 0. The van der Waals surface area contributed by atoms with E-state index >= 15 is 0 Å². The Labute approximate surface area is 362 Å². The zero-order valence-corrected chi connectivity index (χ0v) is 33.6. The molecule has 0 fully saturated rings. The van der Waals surface area contributed by atoms with Gasteiger partial charge in [-0.05, 0) is 52.6 Å². The van der Waals surface area contributed by atoms with Gasteiger partial charge in [-0.25, -0.2) is 19.9 Å². The maximum Gasteiger partial charge on any atom is 0.231 e. The molecule has 0 unspecified atom stereocenters. The number of nitrogens with zero attached hydrogens (tertiary/aromatic N) is 5. The minimum Gasteiger partial charge on any atom is -0.457 e. The SMILES string of the molecule is c1ccc(-c2nc(-c3ccccc3)nc(-c3ccc4c(c3)-c3ccc(-c5nc(-c6ccccc6)nc6oc7ccccc7c56)cc3C43c4ccccc4Oc4ccccc43)n2)cc1. The maximum absolute atomic E-state index is 6.71. The van der Waals surface area contributed by atoms with Crippen LogP contribution in [0.15, 0.2) is 205 Å². The van der Waals surface area contributed by atoms with Crippen molar-refractivity contribution in [1.82, 2.24) is 24.9 Å². The van der Waals surface area contributed by atoms with E-state index in [-0.39, 0.29) is 0 Å². The molecule has 11 aromatic rings. The third-order valence-corrected chi connectivity index (χ3v) is 12.4. The van der Waals surface area contributed by atoms with Crippen molar-refractivity contribution in [2.45, 2.75) is 5.41 Å². The van der Waals surface area contributed by atoms with Crippen LogP contribution in [0.3, 0.4) is 0 Å². The summed E-state index contributed by atoms with van der Waals surface area (Å²) in [6.07, 6.45) is 0. The zero-order valence-electron chi connectivity index (χ0n) is 33.6. The average Bonchev–Trinajstić information content (AvgIpc) is 3.87. The molecular formula is C56H33N5O2. The fourth-order valence-electron chi connectivity index (χ4n) is 9.68. The number of rotatable bonds is 5. The van der Waals surface area contributed by atoms with Crippen molar-refractivity contribution in [3.8, 4) is 79.4 Å². The number of fused-ring (bicyclic) bond motifs is 12. The number of para-hydroxylation sites is 3. The van der Waals surface area contributed by atoms with Crippen molar-refractivity contribution in [3.05, 3.63) is 222 Å². The highest BCUT2D eigenvalue weighted by molar-refractivity contribution is 6.11. The standard InChI is InChI=1S/C56H33N5O2/c1-4-16-34(17-5-1)51-57-50(49-40-22-10-13-25-46(40)63-55(49)61-51)37-28-30-39-41-32-38(54-59-52(35-18-6-2-7-19-35)58-53(60-54)36-20-8-3-9-21-36)29-31-42(41)56(45(39)33-37)43-23-11-14-26-47(43)62-48-27-15-12-24-44(48)56/h1-33H. The normalized spacial score (nSPS) is 13.0. The van der Waals surface area contributed by atoms with Crippen molar-refractivity contribution in [1.29, 1.82) is 0 Å². The molecule has 294 valence electrons. The number of hydrogen-bond donors (Lipinski definition) is 0. The molecule has 0 amide bonds. The maximum atomic E-state index is 6.71. The van der Waals surface area contributed by atoms with Gasteiger partial charge in [0.15, 0.2) is 23.3 Å². The molecule has 3 aromatic heterocycles. The Morgan fingerprint density at radius 1 is 0.349 bits per heavy atom. The van der Waals surface area contributed by atoms with Crippen molar-refractivity contribution in [2.75, 3.05) is 0 Å². The Morgan fingerprint density at radius 3 is 1.51 bits per heavy atom. The first-order chi connectivity index (χ1) is 31.2. The van der Waals surface area contributed by atoms with Crippen LogP contribution in [0.2, 0.25) is 0 Å². The van der Waals surface area contributed by atoms with Gasteiger partial charge in [0.05, 0.1) is 16.5 Å². The summed E-state index contributed by atoms with van der Waals surface area (Å²) in [5, 5.41) is 1.84. The molecule has 0 bridgehead atoms. The number of aromatic nitrogens is 5. The molecule has 1 spiro atoms. The van der Waals surface area contributed by atoms with Crippen LogP contribution >= 0.6 is 0 Å². The Balaban J connectivity index is 1.09. The summed E-state index contributed by atoms with van der Waals surface area (Å²) < 4.78 is 13.2. The highest BCUT2D eigenvalue weighted by Gasteiger charge is 2.51. The van der Waals surface area contributed by atoms with Gasteiger partial charge in [0, 0.05) is 44.3 Å². The lowest BCUT2D eigenvalue weighted by Crippen LogP contribution is -2.32. The van der Waals surface area contributed by atoms with Gasteiger partial charge in [-0.2, -0.15) is 4.98 Å². The fourth-order valence-corrected chi connectivity index (χ4v) is 9.68. The molecule has 0 N–H and O–H groups in total. The summed E-state index contributed by atoms with van der Waals surface area (Å²) in [4.78, 5) is 25.6. The van der Waals surface area contributed by atoms with E-state index in [1.165, 1.54) is 0 Å². The van der Waals surface area contributed by atoms with Crippen LogP contribution in [0.4, 0.5) is 0 Å². The summed E-state index contributed by atoms with van der Waals surface area (Å²) in [5.41, 5.74) is 12.6. The molecule has 1 aliphatic carbocycles.